The molecule has 0 aromatic heterocycles. The zero-order valence-corrected chi connectivity index (χ0v) is 12.5. The first-order chi connectivity index (χ1) is 10.1. The number of fused-ring (bicyclic) bond motifs is 2. The number of hydrogen-bond donors (Lipinski definition) is 2. The van der Waals surface area contributed by atoms with E-state index < -0.39 is 5.97 Å². The summed E-state index contributed by atoms with van der Waals surface area (Å²) in [5, 5.41) is 12.0. The number of carboxylic acid groups (broad SMARTS) is 1. The molecule has 2 heterocycles. The normalized spacial score (nSPS) is 37.5. The molecule has 2 N–H and O–H groups in total. The molecule has 0 aromatic carbocycles. The van der Waals surface area contributed by atoms with Gasteiger partial charge in [-0.25, -0.2) is 0 Å². The van der Waals surface area contributed by atoms with Gasteiger partial charge in [-0.05, 0) is 38.6 Å². The standard InChI is InChI=1S/C15H24N2O4/c1-2-17(8-14(18)19)10-5-9(6-10)16-15(20)12-7-11-3-4-13(12)21-11/h9-13H,2-8H2,1H3,(H,16,20)(H,18,19). The van der Waals surface area contributed by atoms with Gasteiger partial charge in [-0.15, -0.1) is 0 Å². The van der Waals surface area contributed by atoms with E-state index in [9.17, 15) is 9.59 Å². The van der Waals surface area contributed by atoms with Gasteiger partial charge in [0.2, 0.25) is 5.91 Å². The zero-order chi connectivity index (χ0) is 15.0. The Morgan fingerprint density at radius 2 is 2.05 bits per heavy atom. The highest BCUT2D eigenvalue weighted by Crippen LogP contribution is 2.39. The lowest BCUT2D eigenvalue weighted by Crippen LogP contribution is -2.56. The van der Waals surface area contributed by atoms with Gasteiger partial charge in [0.15, 0.2) is 0 Å². The predicted molar refractivity (Wildman–Crippen MR) is 75.8 cm³/mol. The van der Waals surface area contributed by atoms with Crippen LogP contribution < -0.4 is 5.32 Å². The maximum Gasteiger partial charge on any atom is 0.317 e. The molecule has 0 aromatic rings. The quantitative estimate of drug-likeness (QED) is 0.751. The molecule has 3 unspecified atom stereocenters. The van der Waals surface area contributed by atoms with Crippen molar-refractivity contribution >= 4 is 11.9 Å². The fraction of sp³-hybridized carbons (Fsp3) is 0.867. The number of nitrogens with zero attached hydrogens (tertiary/aromatic N) is 1. The summed E-state index contributed by atoms with van der Waals surface area (Å²) in [5.41, 5.74) is 0. The molecule has 118 valence electrons. The second-order valence-electron chi connectivity index (χ2n) is 6.50. The lowest BCUT2D eigenvalue weighted by molar-refractivity contribution is -0.140. The van der Waals surface area contributed by atoms with Gasteiger partial charge in [-0.1, -0.05) is 6.92 Å². The summed E-state index contributed by atoms with van der Waals surface area (Å²) in [6.07, 6.45) is 5.12. The van der Waals surface area contributed by atoms with Crippen LogP contribution >= 0.6 is 0 Å². The number of likely N-dealkylation sites (N-methyl/N-ethyl adjacent to an activating group) is 1. The zero-order valence-electron chi connectivity index (χ0n) is 12.5. The van der Waals surface area contributed by atoms with Crippen molar-refractivity contribution in [1.82, 2.24) is 10.2 Å². The molecular formula is C15H24N2O4. The molecule has 2 aliphatic heterocycles. The Bertz CT molecular complexity index is 422. The van der Waals surface area contributed by atoms with Crippen LogP contribution in [0.25, 0.3) is 0 Å². The fourth-order valence-electron chi connectivity index (χ4n) is 3.90. The average Bonchev–Trinajstić information content (AvgIpc) is 3.02. The predicted octanol–water partition coefficient (Wildman–Crippen LogP) is 0.608. The lowest BCUT2D eigenvalue weighted by Gasteiger charge is -2.42. The highest BCUT2D eigenvalue weighted by molar-refractivity contribution is 5.80. The summed E-state index contributed by atoms with van der Waals surface area (Å²) >= 11 is 0. The van der Waals surface area contributed by atoms with Crippen molar-refractivity contribution in [3.8, 4) is 0 Å². The Morgan fingerprint density at radius 1 is 1.29 bits per heavy atom. The van der Waals surface area contributed by atoms with Gasteiger partial charge in [0.25, 0.3) is 0 Å². The van der Waals surface area contributed by atoms with Crippen LogP contribution in [0.1, 0.15) is 39.0 Å². The summed E-state index contributed by atoms with van der Waals surface area (Å²) in [6, 6.07) is 0.483. The first-order valence-corrected chi connectivity index (χ1v) is 7.98. The van der Waals surface area contributed by atoms with Crippen molar-refractivity contribution in [2.75, 3.05) is 13.1 Å². The molecule has 0 spiro atoms. The highest BCUT2D eigenvalue weighted by Gasteiger charge is 2.45. The summed E-state index contributed by atoms with van der Waals surface area (Å²) in [6.45, 7) is 2.79. The lowest BCUT2D eigenvalue weighted by atomic mass is 9.83. The minimum absolute atomic E-state index is 0.0316. The first kappa shape index (κ1) is 14.8. The topological polar surface area (TPSA) is 78.9 Å². The summed E-state index contributed by atoms with van der Waals surface area (Å²) in [7, 11) is 0. The molecule has 0 radical (unpaired) electrons. The molecule has 3 fully saturated rings. The third-order valence-electron chi connectivity index (χ3n) is 5.16. The average molecular weight is 296 g/mol. The summed E-state index contributed by atoms with van der Waals surface area (Å²) in [4.78, 5) is 25.0. The van der Waals surface area contributed by atoms with Gasteiger partial charge in [0.05, 0.1) is 24.7 Å². The van der Waals surface area contributed by atoms with Crippen molar-refractivity contribution in [2.45, 2.75) is 63.3 Å². The third kappa shape index (κ3) is 3.06. The first-order valence-electron chi connectivity index (χ1n) is 7.98. The van der Waals surface area contributed by atoms with E-state index in [1.54, 1.807) is 0 Å². The van der Waals surface area contributed by atoms with E-state index in [-0.39, 0.29) is 36.6 Å². The third-order valence-corrected chi connectivity index (χ3v) is 5.16. The van der Waals surface area contributed by atoms with Crippen LogP contribution in [0.3, 0.4) is 0 Å². The minimum Gasteiger partial charge on any atom is -0.480 e. The van der Waals surface area contributed by atoms with Crippen molar-refractivity contribution in [3.05, 3.63) is 0 Å². The molecule has 3 atom stereocenters. The van der Waals surface area contributed by atoms with E-state index in [4.69, 9.17) is 9.84 Å². The van der Waals surface area contributed by atoms with Gasteiger partial charge >= 0.3 is 5.97 Å². The Balaban J connectivity index is 1.42. The number of carboxylic acids is 1. The molecule has 6 nitrogen and oxygen atoms in total. The van der Waals surface area contributed by atoms with Gasteiger partial charge in [-0.3, -0.25) is 14.5 Å². The van der Waals surface area contributed by atoms with Crippen molar-refractivity contribution in [1.29, 1.82) is 0 Å². The number of nitrogens with one attached hydrogen (secondary N) is 1. The van der Waals surface area contributed by atoms with Crippen LogP contribution in [0.4, 0.5) is 0 Å². The van der Waals surface area contributed by atoms with Crippen LogP contribution in [0.5, 0.6) is 0 Å². The molecule has 1 saturated carbocycles. The second-order valence-corrected chi connectivity index (χ2v) is 6.50. The molecular weight excluding hydrogens is 272 g/mol. The maximum atomic E-state index is 12.3. The fourth-order valence-corrected chi connectivity index (χ4v) is 3.90. The molecule has 3 rings (SSSR count). The number of amides is 1. The Morgan fingerprint density at radius 3 is 2.57 bits per heavy atom. The molecule has 2 bridgehead atoms. The molecule has 3 aliphatic rings. The van der Waals surface area contributed by atoms with Crippen LogP contribution in [0, 0.1) is 5.92 Å². The van der Waals surface area contributed by atoms with E-state index in [0.29, 0.717) is 6.10 Å². The van der Waals surface area contributed by atoms with E-state index >= 15 is 0 Å². The number of carbonyl (C=O) groups is 2. The minimum atomic E-state index is -0.788. The van der Waals surface area contributed by atoms with E-state index in [1.165, 1.54) is 0 Å². The van der Waals surface area contributed by atoms with Crippen LogP contribution in [-0.4, -0.2) is 59.3 Å². The van der Waals surface area contributed by atoms with Gasteiger partial charge in [0.1, 0.15) is 0 Å². The number of hydrogen-bond acceptors (Lipinski definition) is 4. The largest absolute Gasteiger partial charge is 0.480 e. The molecule has 1 amide bonds. The number of carbonyl (C=O) groups excluding carboxylic acids is 1. The van der Waals surface area contributed by atoms with Crippen LogP contribution in [0.15, 0.2) is 0 Å². The van der Waals surface area contributed by atoms with Crippen LogP contribution in [0.2, 0.25) is 0 Å². The van der Waals surface area contributed by atoms with Crippen molar-refractivity contribution in [2.24, 2.45) is 5.92 Å². The summed E-state index contributed by atoms with van der Waals surface area (Å²) < 4.78 is 5.73. The Kier molecular flexibility index (Phi) is 4.17. The van der Waals surface area contributed by atoms with Gasteiger partial charge in [-0.2, -0.15) is 0 Å². The van der Waals surface area contributed by atoms with E-state index in [1.807, 2.05) is 11.8 Å². The van der Waals surface area contributed by atoms with Gasteiger partial charge in [0, 0.05) is 12.1 Å². The smallest absolute Gasteiger partial charge is 0.317 e. The molecule has 1 aliphatic carbocycles. The van der Waals surface area contributed by atoms with Gasteiger partial charge < -0.3 is 15.2 Å². The Hall–Kier alpha value is -1.14. The van der Waals surface area contributed by atoms with Crippen molar-refractivity contribution in [3.63, 3.8) is 0 Å². The molecule has 2 saturated heterocycles. The highest BCUT2D eigenvalue weighted by atomic mass is 16.5. The number of rotatable bonds is 6. The van der Waals surface area contributed by atoms with Crippen molar-refractivity contribution < 1.29 is 19.4 Å². The molecule has 6 heteroatoms. The Labute approximate surface area is 124 Å². The SMILES string of the molecule is CCN(CC(=O)O)C1CC(NC(=O)C2CC3CCC2O3)C1. The summed E-state index contributed by atoms with van der Waals surface area (Å²) in [5.74, 6) is -0.625. The second kappa shape index (κ2) is 5.93. The van der Waals surface area contributed by atoms with E-state index in [2.05, 4.69) is 5.32 Å². The number of aliphatic carboxylic acids is 1. The van der Waals surface area contributed by atoms with E-state index in [0.717, 1.165) is 38.6 Å². The number of ether oxygens (including phenoxy) is 1. The maximum absolute atomic E-state index is 12.3. The monoisotopic (exact) mass is 296 g/mol. The van der Waals surface area contributed by atoms with Crippen LogP contribution in [-0.2, 0) is 14.3 Å². The molecule has 21 heavy (non-hydrogen) atoms.